The van der Waals surface area contributed by atoms with Crippen LogP contribution in [0.4, 0.5) is 5.69 Å². The summed E-state index contributed by atoms with van der Waals surface area (Å²) in [7, 11) is -2.71. The maximum absolute atomic E-state index is 11.0. The van der Waals surface area contributed by atoms with Crippen LogP contribution in [0.2, 0.25) is 0 Å². The van der Waals surface area contributed by atoms with Crippen LogP contribution in [0.1, 0.15) is 0 Å². The molecule has 1 rings (SSSR count). The third-order valence-corrected chi connectivity index (χ3v) is 2.32. The molecule has 0 amide bonds. The van der Waals surface area contributed by atoms with Crippen LogP contribution in [0.25, 0.3) is 0 Å². The van der Waals surface area contributed by atoms with E-state index < -0.39 is 9.92 Å². The fraction of sp³-hybridized carbons (Fsp3) is 0.167. The number of halogens is 1. The molecule has 0 aliphatic heterocycles. The molecule has 0 aliphatic rings. The van der Waals surface area contributed by atoms with Crippen LogP contribution in [-0.4, -0.2) is 15.4 Å². The largest absolute Gasteiger partial charge is 0.298 e. The molecule has 0 bridgehead atoms. The van der Waals surface area contributed by atoms with Crippen molar-refractivity contribution in [3.05, 3.63) is 22.9 Å². The molecule has 6 heteroatoms. The van der Waals surface area contributed by atoms with Crippen LogP contribution < -0.4 is 4.72 Å². The van der Waals surface area contributed by atoms with Crippen molar-refractivity contribution >= 4 is 31.5 Å². The summed E-state index contributed by atoms with van der Waals surface area (Å²) in [6.45, 7) is 0. The molecule has 0 spiro atoms. The number of hydrogen-bond acceptors (Lipinski definition) is 3. The molecule has 12 heavy (non-hydrogen) atoms. The van der Waals surface area contributed by atoms with Gasteiger partial charge in [0.2, 0.25) is 0 Å². The van der Waals surface area contributed by atoms with Gasteiger partial charge in [-0.05, 0) is 22.0 Å². The summed E-state index contributed by atoms with van der Waals surface area (Å²) in [5.74, 6) is 0. The van der Waals surface area contributed by atoms with Crippen molar-refractivity contribution in [2.24, 2.45) is 0 Å². The number of hydrogen-bond donors (Lipinski definition) is 2. The summed E-state index contributed by atoms with van der Waals surface area (Å²) in [5, 5.41) is 0. The van der Waals surface area contributed by atoms with Gasteiger partial charge in [0.1, 0.15) is 9.92 Å². The maximum Gasteiger partial charge on any atom is 0.123 e. The van der Waals surface area contributed by atoms with Gasteiger partial charge in [0.15, 0.2) is 0 Å². The van der Waals surface area contributed by atoms with Crippen LogP contribution in [0.3, 0.4) is 0 Å². The molecule has 2 N–H and O–H groups in total. The van der Waals surface area contributed by atoms with Crippen molar-refractivity contribution in [2.75, 3.05) is 11.0 Å². The lowest BCUT2D eigenvalue weighted by Crippen LogP contribution is -2.08. The van der Waals surface area contributed by atoms with Crippen molar-refractivity contribution in [3.8, 4) is 0 Å². The summed E-state index contributed by atoms with van der Waals surface area (Å²) < 4.78 is 21.4. The monoisotopic (exact) mass is 249 g/mol. The lowest BCUT2D eigenvalue weighted by molar-refractivity contribution is 0.682. The summed E-state index contributed by atoms with van der Waals surface area (Å²) in [6, 6.07) is 1.65. The molecule has 0 aromatic carbocycles. The third-order valence-electron chi connectivity index (χ3n) is 1.08. The normalized spacial score (nSPS) is 15.2. The average molecular weight is 250 g/mol. The molecular formula is C6H8BrN3OS. The highest BCUT2D eigenvalue weighted by Crippen LogP contribution is 2.20. The Hall–Kier alpha value is -0.620. The Bertz CT molecular complexity index is 376. The zero-order chi connectivity index (χ0) is 9.19. The molecule has 66 valence electrons. The smallest absolute Gasteiger partial charge is 0.123 e. The fourth-order valence-electron chi connectivity index (χ4n) is 0.668. The Morgan fingerprint density at radius 3 is 2.92 bits per heavy atom. The zero-order valence-corrected chi connectivity index (χ0v) is 8.78. The molecule has 1 atom stereocenters. The van der Waals surface area contributed by atoms with E-state index in [1.54, 1.807) is 18.5 Å². The van der Waals surface area contributed by atoms with Crippen molar-refractivity contribution in [3.63, 3.8) is 0 Å². The van der Waals surface area contributed by atoms with E-state index in [-0.39, 0.29) is 0 Å². The van der Waals surface area contributed by atoms with E-state index in [9.17, 15) is 4.21 Å². The molecule has 1 aromatic heterocycles. The van der Waals surface area contributed by atoms with Crippen LogP contribution >= 0.6 is 15.9 Å². The molecule has 1 heterocycles. The van der Waals surface area contributed by atoms with Gasteiger partial charge < -0.3 is 0 Å². The standard InChI is InChI=1S/C6H8BrN3OS/c1-12(8,11)10-6-2-3-9-4-5(6)7/h2-4H,1H3,(H2,8,9,10,11). The highest BCUT2D eigenvalue weighted by molar-refractivity contribution is 9.10. The Balaban J connectivity index is 2.98. The summed E-state index contributed by atoms with van der Waals surface area (Å²) in [5.41, 5.74) is 0.618. The van der Waals surface area contributed by atoms with E-state index >= 15 is 0 Å². The second-order valence-corrected chi connectivity index (χ2v) is 5.05. The van der Waals surface area contributed by atoms with Gasteiger partial charge in [0, 0.05) is 18.6 Å². The third kappa shape index (κ3) is 2.78. The molecular weight excluding hydrogens is 242 g/mol. The van der Waals surface area contributed by atoms with Gasteiger partial charge in [0.05, 0.1) is 10.2 Å². The van der Waals surface area contributed by atoms with Gasteiger partial charge in [-0.2, -0.15) is 0 Å². The van der Waals surface area contributed by atoms with Crippen LogP contribution in [-0.2, 0) is 9.92 Å². The van der Waals surface area contributed by atoms with Gasteiger partial charge >= 0.3 is 0 Å². The number of aromatic nitrogens is 1. The quantitative estimate of drug-likeness (QED) is 0.841. The Labute approximate surface area is 79.6 Å². The van der Waals surface area contributed by atoms with E-state index in [2.05, 4.69) is 25.6 Å². The minimum absolute atomic E-state index is 0.618. The summed E-state index contributed by atoms with van der Waals surface area (Å²) in [4.78, 5) is 3.83. The van der Waals surface area contributed by atoms with Gasteiger partial charge in [-0.1, -0.05) is 0 Å². The number of pyridine rings is 1. The van der Waals surface area contributed by atoms with E-state index in [4.69, 9.17) is 4.78 Å². The van der Waals surface area contributed by atoms with Crippen molar-refractivity contribution in [1.29, 1.82) is 4.78 Å². The van der Waals surface area contributed by atoms with E-state index in [0.29, 0.717) is 10.2 Å². The minimum Gasteiger partial charge on any atom is -0.298 e. The predicted octanol–water partition coefficient (Wildman–Crippen LogP) is 1.85. The van der Waals surface area contributed by atoms with E-state index in [1.807, 2.05) is 0 Å². The van der Waals surface area contributed by atoms with Gasteiger partial charge in [0.25, 0.3) is 0 Å². The number of rotatable bonds is 2. The van der Waals surface area contributed by atoms with Gasteiger partial charge in [-0.15, -0.1) is 0 Å². The number of anilines is 1. The SMILES string of the molecule is CS(=N)(=O)Nc1ccncc1Br. The number of nitrogens with one attached hydrogen (secondary N) is 2. The molecule has 4 nitrogen and oxygen atoms in total. The number of nitrogens with zero attached hydrogens (tertiary/aromatic N) is 1. The van der Waals surface area contributed by atoms with Crippen LogP contribution in [0.15, 0.2) is 22.9 Å². The Morgan fingerprint density at radius 2 is 2.42 bits per heavy atom. The predicted molar refractivity (Wildman–Crippen MR) is 52.3 cm³/mol. The zero-order valence-electron chi connectivity index (χ0n) is 6.37. The molecule has 0 radical (unpaired) electrons. The molecule has 0 aliphatic carbocycles. The maximum atomic E-state index is 11.0. The second-order valence-electron chi connectivity index (χ2n) is 2.30. The molecule has 0 saturated heterocycles. The first-order valence-electron chi connectivity index (χ1n) is 3.10. The first kappa shape index (κ1) is 9.47. The van der Waals surface area contributed by atoms with Crippen LogP contribution in [0, 0.1) is 4.78 Å². The summed E-state index contributed by atoms with van der Waals surface area (Å²) in [6.07, 6.45) is 4.46. The Morgan fingerprint density at radius 1 is 1.75 bits per heavy atom. The Kier molecular flexibility index (Phi) is 2.69. The highest BCUT2D eigenvalue weighted by Gasteiger charge is 2.01. The van der Waals surface area contributed by atoms with Crippen molar-refractivity contribution in [1.82, 2.24) is 4.98 Å². The van der Waals surface area contributed by atoms with Crippen molar-refractivity contribution in [2.45, 2.75) is 0 Å². The topological polar surface area (TPSA) is 65.8 Å². The first-order chi connectivity index (χ1) is 5.49. The lowest BCUT2D eigenvalue weighted by Gasteiger charge is -2.06. The van der Waals surface area contributed by atoms with E-state index in [1.165, 1.54) is 6.26 Å². The fourth-order valence-corrected chi connectivity index (χ4v) is 1.75. The second kappa shape index (κ2) is 3.40. The van der Waals surface area contributed by atoms with Crippen molar-refractivity contribution < 1.29 is 4.21 Å². The molecule has 1 aromatic rings. The molecule has 1 unspecified atom stereocenters. The molecule has 0 saturated carbocycles. The molecule has 0 fully saturated rings. The average Bonchev–Trinajstić information content (AvgIpc) is 1.91. The highest BCUT2D eigenvalue weighted by atomic mass is 79.9. The van der Waals surface area contributed by atoms with Crippen LogP contribution in [0.5, 0.6) is 0 Å². The lowest BCUT2D eigenvalue weighted by atomic mass is 10.4. The van der Waals surface area contributed by atoms with E-state index in [0.717, 1.165) is 0 Å². The van der Waals surface area contributed by atoms with Gasteiger partial charge in [-0.25, -0.2) is 8.99 Å². The first-order valence-corrected chi connectivity index (χ1v) is 5.86. The summed E-state index contributed by atoms with van der Waals surface area (Å²) >= 11 is 3.22. The van der Waals surface area contributed by atoms with Gasteiger partial charge in [-0.3, -0.25) is 9.71 Å². The minimum atomic E-state index is -2.71.